The van der Waals surface area contributed by atoms with Gasteiger partial charge in [0.2, 0.25) is 0 Å². The average Bonchev–Trinajstić information content (AvgIpc) is 3.15. The third-order valence-electron chi connectivity index (χ3n) is 5.00. The molecule has 0 saturated carbocycles. The zero-order chi connectivity index (χ0) is 18.5. The molecule has 2 aliphatic rings. The van der Waals surface area contributed by atoms with Crippen molar-refractivity contribution >= 4 is 16.9 Å². The number of aromatic nitrogens is 1. The topological polar surface area (TPSA) is 53.8 Å². The number of carbonyl (C=O) groups excluding carboxylic acids is 1. The Morgan fingerprint density at radius 2 is 1.67 bits per heavy atom. The molecule has 0 amide bonds. The van der Waals surface area contributed by atoms with Gasteiger partial charge in [0.25, 0.3) is 0 Å². The van der Waals surface area contributed by atoms with Crippen LogP contribution in [0, 0.1) is 17.1 Å². The smallest absolute Gasteiger partial charge is 0.195 e. The first-order chi connectivity index (χ1) is 13.2. The number of benzene rings is 2. The third-order valence-corrected chi connectivity index (χ3v) is 5.00. The summed E-state index contributed by atoms with van der Waals surface area (Å²) in [5.74, 6) is -0.744. The first kappa shape index (κ1) is 15.4. The Kier molecular flexibility index (Phi) is 3.19. The summed E-state index contributed by atoms with van der Waals surface area (Å²) in [6.07, 6.45) is 3.08. The van der Waals surface area contributed by atoms with Gasteiger partial charge in [-0.1, -0.05) is 36.4 Å². The summed E-state index contributed by atoms with van der Waals surface area (Å²) >= 11 is 0. The van der Waals surface area contributed by atoms with Crippen molar-refractivity contribution in [2.75, 3.05) is 0 Å². The van der Waals surface area contributed by atoms with Crippen LogP contribution in [0.5, 0.6) is 0 Å². The summed E-state index contributed by atoms with van der Waals surface area (Å²) in [6, 6.07) is 17.6. The van der Waals surface area contributed by atoms with Crippen molar-refractivity contribution < 1.29 is 9.18 Å². The highest BCUT2D eigenvalue weighted by atomic mass is 19.1. The van der Waals surface area contributed by atoms with E-state index in [1.54, 1.807) is 12.3 Å². The number of halogens is 1. The molecule has 0 fully saturated rings. The van der Waals surface area contributed by atoms with E-state index in [-0.39, 0.29) is 11.3 Å². The number of fused-ring (bicyclic) bond motifs is 4. The van der Waals surface area contributed by atoms with Crippen molar-refractivity contribution in [1.29, 1.82) is 5.26 Å². The molecule has 2 aliphatic carbocycles. The zero-order valence-corrected chi connectivity index (χ0v) is 14.0. The van der Waals surface area contributed by atoms with E-state index in [0.29, 0.717) is 16.7 Å². The molecule has 27 heavy (non-hydrogen) atoms. The molecule has 0 atom stereocenters. The Morgan fingerprint density at radius 3 is 2.48 bits per heavy atom. The lowest BCUT2D eigenvalue weighted by atomic mass is 9.93. The summed E-state index contributed by atoms with van der Waals surface area (Å²) < 4.78 is 13.8. The summed E-state index contributed by atoms with van der Waals surface area (Å²) in [7, 11) is 0. The lowest BCUT2D eigenvalue weighted by Gasteiger charge is -2.08. The van der Waals surface area contributed by atoms with Gasteiger partial charge in [0, 0.05) is 45.7 Å². The molecule has 0 aliphatic heterocycles. The SMILES string of the molecule is N#C/C=C1/C(=C2\c3ccccc3-c3ncccc32)C(=O)c2cc(F)ccc21. The molecule has 126 valence electrons. The van der Waals surface area contributed by atoms with Gasteiger partial charge in [0.1, 0.15) is 5.82 Å². The number of nitriles is 1. The van der Waals surface area contributed by atoms with Crippen molar-refractivity contribution in [3.8, 4) is 17.3 Å². The monoisotopic (exact) mass is 350 g/mol. The van der Waals surface area contributed by atoms with Gasteiger partial charge >= 0.3 is 0 Å². The Balaban J connectivity index is 1.91. The number of carbonyl (C=O) groups is 1. The predicted molar refractivity (Wildman–Crippen MR) is 100 cm³/mol. The van der Waals surface area contributed by atoms with Gasteiger partial charge in [0.05, 0.1) is 11.8 Å². The van der Waals surface area contributed by atoms with E-state index in [2.05, 4.69) is 4.98 Å². The molecule has 0 N–H and O–H groups in total. The molecule has 0 spiro atoms. The van der Waals surface area contributed by atoms with Gasteiger partial charge in [-0.3, -0.25) is 9.78 Å². The van der Waals surface area contributed by atoms with E-state index >= 15 is 0 Å². The Hall–Kier alpha value is -3.84. The second kappa shape index (κ2) is 5.58. The maximum atomic E-state index is 13.8. The first-order valence-electron chi connectivity index (χ1n) is 8.45. The number of allylic oxidation sites excluding steroid dienone is 3. The Labute approximate surface area is 154 Å². The largest absolute Gasteiger partial charge is 0.289 e. The standard InChI is InChI=1S/C23H11FN2O/c24-13-7-8-14-16(9-10-25)21(23(27)19(14)12-13)20-15-4-1-2-5-17(15)22-18(20)6-3-11-26-22/h1-9,11-12H/b16-9+,21-20-. The lowest BCUT2D eigenvalue weighted by molar-refractivity contribution is 0.104. The molecule has 0 saturated heterocycles. The van der Waals surface area contributed by atoms with Crippen molar-refractivity contribution in [2.45, 2.75) is 0 Å². The van der Waals surface area contributed by atoms with E-state index in [4.69, 9.17) is 0 Å². The molecule has 0 unspecified atom stereocenters. The van der Waals surface area contributed by atoms with Crippen LogP contribution in [0.3, 0.4) is 0 Å². The Morgan fingerprint density at radius 1 is 0.889 bits per heavy atom. The summed E-state index contributed by atoms with van der Waals surface area (Å²) in [4.78, 5) is 17.7. The van der Waals surface area contributed by atoms with Crippen LogP contribution in [-0.2, 0) is 0 Å². The summed E-state index contributed by atoms with van der Waals surface area (Å²) in [6.45, 7) is 0. The maximum absolute atomic E-state index is 13.8. The molecule has 2 aromatic carbocycles. The van der Waals surface area contributed by atoms with Gasteiger partial charge in [-0.15, -0.1) is 0 Å². The molecule has 3 aromatic rings. The Bertz CT molecular complexity index is 1210. The van der Waals surface area contributed by atoms with Crippen molar-refractivity contribution in [1.82, 2.24) is 4.98 Å². The molecular formula is C23H11FN2O. The van der Waals surface area contributed by atoms with E-state index in [0.717, 1.165) is 28.0 Å². The molecule has 1 heterocycles. The maximum Gasteiger partial charge on any atom is 0.195 e. The quantitative estimate of drug-likeness (QED) is 0.338. The third kappa shape index (κ3) is 2.06. The van der Waals surface area contributed by atoms with E-state index in [9.17, 15) is 14.4 Å². The highest BCUT2D eigenvalue weighted by Crippen LogP contribution is 2.49. The van der Waals surface area contributed by atoms with E-state index < -0.39 is 5.82 Å². The van der Waals surface area contributed by atoms with Crippen LogP contribution in [0.4, 0.5) is 4.39 Å². The van der Waals surface area contributed by atoms with Gasteiger partial charge in [-0.2, -0.15) is 5.26 Å². The first-order valence-corrected chi connectivity index (χ1v) is 8.45. The van der Waals surface area contributed by atoms with Crippen LogP contribution in [0.2, 0.25) is 0 Å². The van der Waals surface area contributed by atoms with Crippen LogP contribution in [-0.4, -0.2) is 10.8 Å². The average molecular weight is 350 g/mol. The van der Waals surface area contributed by atoms with Gasteiger partial charge < -0.3 is 0 Å². The van der Waals surface area contributed by atoms with Gasteiger partial charge in [-0.05, 0) is 29.3 Å². The molecular weight excluding hydrogens is 339 g/mol. The molecule has 0 radical (unpaired) electrons. The normalized spacial score (nSPS) is 18.2. The molecule has 3 nitrogen and oxygen atoms in total. The van der Waals surface area contributed by atoms with E-state index in [1.165, 1.54) is 18.2 Å². The minimum atomic E-state index is -0.474. The predicted octanol–water partition coefficient (Wildman–Crippen LogP) is 4.81. The fourth-order valence-corrected chi connectivity index (χ4v) is 3.94. The molecule has 1 aromatic heterocycles. The number of hydrogen-bond donors (Lipinski definition) is 0. The second-order valence-electron chi connectivity index (χ2n) is 6.40. The van der Waals surface area contributed by atoms with Crippen molar-refractivity contribution in [3.05, 3.63) is 101 Å². The fourth-order valence-electron chi connectivity index (χ4n) is 3.94. The van der Waals surface area contributed by atoms with E-state index in [1.807, 2.05) is 42.5 Å². The van der Waals surface area contributed by atoms with Gasteiger partial charge in [-0.25, -0.2) is 4.39 Å². The van der Waals surface area contributed by atoms with Crippen LogP contribution < -0.4 is 0 Å². The second-order valence-corrected chi connectivity index (χ2v) is 6.40. The number of rotatable bonds is 0. The van der Waals surface area contributed by atoms with Crippen molar-refractivity contribution in [2.24, 2.45) is 0 Å². The molecule has 5 rings (SSSR count). The van der Waals surface area contributed by atoms with Crippen LogP contribution in [0.1, 0.15) is 27.0 Å². The van der Waals surface area contributed by atoms with Gasteiger partial charge in [0.15, 0.2) is 5.78 Å². The highest BCUT2D eigenvalue weighted by molar-refractivity contribution is 6.32. The summed E-state index contributed by atoms with van der Waals surface area (Å²) in [5, 5.41) is 9.30. The zero-order valence-electron chi connectivity index (χ0n) is 14.0. The molecule has 0 bridgehead atoms. The van der Waals surface area contributed by atoms with Crippen LogP contribution in [0.25, 0.3) is 22.4 Å². The number of hydrogen-bond acceptors (Lipinski definition) is 3. The number of Topliss-reactive ketones (excluding diaryl/α,β-unsaturated/α-hetero) is 1. The highest BCUT2D eigenvalue weighted by Gasteiger charge is 2.37. The van der Waals surface area contributed by atoms with Crippen LogP contribution >= 0.6 is 0 Å². The molecule has 4 heteroatoms. The fraction of sp³-hybridized carbons (Fsp3) is 0. The minimum Gasteiger partial charge on any atom is -0.289 e. The number of nitrogens with zero attached hydrogens (tertiary/aromatic N) is 2. The number of pyridine rings is 1. The number of ketones is 1. The van der Waals surface area contributed by atoms with Crippen molar-refractivity contribution in [3.63, 3.8) is 0 Å². The lowest BCUT2D eigenvalue weighted by Crippen LogP contribution is -2.00. The minimum absolute atomic E-state index is 0.271. The summed E-state index contributed by atoms with van der Waals surface area (Å²) in [5.41, 5.74) is 6.07. The van der Waals surface area contributed by atoms with Crippen LogP contribution in [0.15, 0.2) is 72.4 Å².